The molecule has 0 radical (unpaired) electrons. The Balaban J connectivity index is 1.53. The number of carbonyl (C=O) groups excluding carboxylic acids is 2. The third kappa shape index (κ3) is 8.58. The first-order chi connectivity index (χ1) is 17.7. The summed E-state index contributed by atoms with van der Waals surface area (Å²) in [6.07, 6.45) is -4.51. The van der Waals surface area contributed by atoms with Gasteiger partial charge in [-0.25, -0.2) is 0 Å². The largest absolute Gasteiger partial charge is 0.491 e. The molecule has 2 amide bonds. The number of hydrogen-bond acceptors (Lipinski definition) is 5. The predicted octanol–water partition coefficient (Wildman–Crippen LogP) is 5.50. The van der Waals surface area contributed by atoms with Gasteiger partial charge in [0.25, 0.3) is 11.8 Å². The van der Waals surface area contributed by atoms with Gasteiger partial charge in [-0.3, -0.25) is 14.9 Å². The van der Waals surface area contributed by atoms with Crippen molar-refractivity contribution < 1.29 is 32.2 Å². The van der Waals surface area contributed by atoms with Crippen LogP contribution in [0.2, 0.25) is 0 Å². The van der Waals surface area contributed by atoms with Crippen LogP contribution >= 0.6 is 12.2 Å². The van der Waals surface area contributed by atoms with E-state index in [1.54, 1.807) is 36.4 Å². The van der Waals surface area contributed by atoms with Gasteiger partial charge in [-0.2, -0.15) is 13.2 Å². The molecule has 0 saturated carbocycles. The van der Waals surface area contributed by atoms with Crippen molar-refractivity contribution in [3.05, 3.63) is 89.5 Å². The zero-order valence-electron chi connectivity index (χ0n) is 19.7. The molecular formula is C26H24F3N3O4S. The molecule has 37 heavy (non-hydrogen) atoms. The minimum Gasteiger partial charge on any atom is -0.491 e. The van der Waals surface area contributed by atoms with Gasteiger partial charge in [0.05, 0.1) is 12.2 Å². The van der Waals surface area contributed by atoms with E-state index in [4.69, 9.17) is 21.7 Å². The lowest BCUT2D eigenvalue weighted by molar-refractivity contribution is -0.137. The van der Waals surface area contributed by atoms with E-state index < -0.39 is 23.6 Å². The molecular weight excluding hydrogens is 507 g/mol. The Bertz CT molecular complexity index is 1250. The van der Waals surface area contributed by atoms with Crippen LogP contribution in [0.4, 0.5) is 24.5 Å². The third-order valence-corrected chi connectivity index (χ3v) is 5.08. The van der Waals surface area contributed by atoms with Gasteiger partial charge in [0.15, 0.2) is 5.11 Å². The van der Waals surface area contributed by atoms with Crippen molar-refractivity contribution in [1.29, 1.82) is 0 Å². The van der Waals surface area contributed by atoms with Crippen LogP contribution in [-0.4, -0.2) is 36.7 Å². The molecule has 0 aliphatic carbocycles. The number of rotatable bonds is 9. The highest BCUT2D eigenvalue weighted by atomic mass is 32.1. The number of hydrogen-bond donors (Lipinski definition) is 3. The van der Waals surface area contributed by atoms with E-state index in [-0.39, 0.29) is 16.4 Å². The number of nitrogens with one attached hydrogen (secondary N) is 3. The predicted molar refractivity (Wildman–Crippen MR) is 138 cm³/mol. The Morgan fingerprint density at radius 1 is 0.838 bits per heavy atom. The first-order valence-corrected chi connectivity index (χ1v) is 11.6. The molecule has 0 fully saturated rings. The third-order valence-electron chi connectivity index (χ3n) is 4.88. The summed E-state index contributed by atoms with van der Waals surface area (Å²) in [5.41, 5.74) is 0.226. The van der Waals surface area contributed by atoms with Crippen LogP contribution in [0.15, 0.2) is 72.8 Å². The summed E-state index contributed by atoms with van der Waals surface area (Å²) in [6.45, 7) is 3.27. The highest BCUT2D eigenvalue weighted by Gasteiger charge is 2.30. The van der Waals surface area contributed by atoms with E-state index in [1.807, 2.05) is 6.92 Å². The van der Waals surface area contributed by atoms with E-state index in [1.165, 1.54) is 24.3 Å². The molecule has 3 aromatic carbocycles. The quantitative estimate of drug-likeness (QED) is 0.250. The number of benzene rings is 3. The molecule has 3 N–H and O–H groups in total. The molecule has 0 aliphatic rings. The lowest BCUT2D eigenvalue weighted by Crippen LogP contribution is -2.34. The topological polar surface area (TPSA) is 88.7 Å². The molecule has 0 spiro atoms. The lowest BCUT2D eigenvalue weighted by atomic mass is 10.1. The molecule has 0 aromatic heterocycles. The highest BCUT2D eigenvalue weighted by molar-refractivity contribution is 7.80. The number of thiocarbonyl (C=S) groups is 1. The minimum atomic E-state index is -4.51. The van der Waals surface area contributed by atoms with E-state index >= 15 is 0 Å². The van der Waals surface area contributed by atoms with Crippen LogP contribution in [0.5, 0.6) is 5.75 Å². The number of halogens is 3. The number of amides is 2. The molecule has 0 atom stereocenters. The number of carbonyl (C=O) groups is 2. The summed E-state index contributed by atoms with van der Waals surface area (Å²) >= 11 is 5.20. The summed E-state index contributed by atoms with van der Waals surface area (Å²) in [5, 5.41) is 7.88. The van der Waals surface area contributed by atoms with Crippen LogP contribution in [0.1, 0.15) is 33.2 Å². The van der Waals surface area contributed by atoms with Crippen molar-refractivity contribution in [1.82, 2.24) is 5.32 Å². The maximum Gasteiger partial charge on any atom is 0.416 e. The maximum absolute atomic E-state index is 12.9. The first kappa shape index (κ1) is 27.6. The SMILES string of the molecule is CCOCCOc1cccc(C(=O)NC(=S)Nc2ccc(C(=O)Nc3cccc(C(F)(F)F)c3)cc2)c1. The fourth-order valence-corrected chi connectivity index (χ4v) is 3.32. The summed E-state index contributed by atoms with van der Waals surface area (Å²) < 4.78 is 49.4. The molecule has 194 valence electrons. The Hall–Kier alpha value is -3.96. The monoisotopic (exact) mass is 531 g/mol. The molecule has 0 saturated heterocycles. The second-order valence-corrected chi connectivity index (χ2v) is 8.00. The molecule has 0 unspecified atom stereocenters. The van der Waals surface area contributed by atoms with E-state index in [0.29, 0.717) is 36.8 Å². The molecule has 0 bridgehead atoms. The Labute approximate surface area is 217 Å². The fourth-order valence-electron chi connectivity index (χ4n) is 3.11. The van der Waals surface area contributed by atoms with E-state index in [2.05, 4.69) is 16.0 Å². The smallest absolute Gasteiger partial charge is 0.416 e. The summed E-state index contributed by atoms with van der Waals surface area (Å²) in [5.74, 6) is -0.500. The summed E-state index contributed by atoms with van der Waals surface area (Å²) in [4.78, 5) is 25.0. The van der Waals surface area contributed by atoms with Crippen molar-refractivity contribution in [2.75, 3.05) is 30.5 Å². The van der Waals surface area contributed by atoms with Crippen molar-refractivity contribution in [3.63, 3.8) is 0 Å². The van der Waals surface area contributed by atoms with Gasteiger partial charge in [0.2, 0.25) is 0 Å². The van der Waals surface area contributed by atoms with E-state index in [0.717, 1.165) is 12.1 Å². The highest BCUT2D eigenvalue weighted by Crippen LogP contribution is 2.30. The van der Waals surface area contributed by atoms with Gasteiger partial charge < -0.3 is 20.1 Å². The Morgan fingerprint density at radius 3 is 2.27 bits per heavy atom. The second-order valence-electron chi connectivity index (χ2n) is 7.59. The fraction of sp³-hybridized carbons (Fsp3) is 0.192. The summed E-state index contributed by atoms with van der Waals surface area (Å²) in [6, 6.07) is 17.0. The molecule has 11 heteroatoms. The Kier molecular flexibility index (Phi) is 9.58. The normalized spacial score (nSPS) is 10.9. The number of anilines is 2. The molecule has 0 heterocycles. The average Bonchev–Trinajstić information content (AvgIpc) is 2.87. The number of ether oxygens (including phenoxy) is 2. The van der Waals surface area contributed by atoms with Crippen LogP contribution in [0.3, 0.4) is 0 Å². The molecule has 3 rings (SSSR count). The van der Waals surface area contributed by atoms with Crippen LogP contribution < -0.4 is 20.7 Å². The van der Waals surface area contributed by atoms with Crippen LogP contribution in [-0.2, 0) is 10.9 Å². The van der Waals surface area contributed by atoms with Crippen molar-refractivity contribution >= 4 is 40.5 Å². The van der Waals surface area contributed by atoms with Gasteiger partial charge >= 0.3 is 6.18 Å². The van der Waals surface area contributed by atoms with Crippen molar-refractivity contribution in [2.24, 2.45) is 0 Å². The zero-order chi connectivity index (χ0) is 26.8. The van der Waals surface area contributed by atoms with Crippen molar-refractivity contribution in [2.45, 2.75) is 13.1 Å². The van der Waals surface area contributed by atoms with Crippen molar-refractivity contribution in [3.8, 4) is 5.75 Å². The zero-order valence-corrected chi connectivity index (χ0v) is 20.5. The average molecular weight is 532 g/mol. The number of alkyl halides is 3. The Morgan fingerprint density at radius 2 is 1.57 bits per heavy atom. The van der Waals surface area contributed by atoms with Crippen LogP contribution in [0.25, 0.3) is 0 Å². The van der Waals surface area contributed by atoms with Crippen LogP contribution in [0, 0.1) is 0 Å². The lowest BCUT2D eigenvalue weighted by Gasteiger charge is -2.12. The van der Waals surface area contributed by atoms with Gasteiger partial charge in [-0.05, 0) is 79.8 Å². The minimum absolute atomic E-state index is 0.0229. The molecule has 0 aliphatic heterocycles. The van der Waals surface area contributed by atoms with Gasteiger partial charge in [-0.1, -0.05) is 12.1 Å². The molecule has 3 aromatic rings. The van der Waals surface area contributed by atoms with E-state index in [9.17, 15) is 22.8 Å². The molecule has 7 nitrogen and oxygen atoms in total. The van der Waals surface area contributed by atoms with Gasteiger partial charge in [0.1, 0.15) is 12.4 Å². The van der Waals surface area contributed by atoms with Gasteiger partial charge in [-0.15, -0.1) is 0 Å². The first-order valence-electron chi connectivity index (χ1n) is 11.2. The van der Waals surface area contributed by atoms with Gasteiger partial charge in [0, 0.05) is 29.1 Å². The maximum atomic E-state index is 12.9. The standard InChI is InChI=1S/C26H24F3N3O4S/c1-2-35-13-14-36-22-8-3-5-18(15-22)24(34)32-25(37)31-20-11-9-17(10-12-20)23(33)30-21-7-4-6-19(16-21)26(27,28)29/h3-12,15-16H,2,13-14H2,1H3,(H,30,33)(H2,31,32,34,37). The second kappa shape index (κ2) is 12.8. The summed E-state index contributed by atoms with van der Waals surface area (Å²) in [7, 11) is 0.